The number of rotatable bonds is 14. The highest BCUT2D eigenvalue weighted by atomic mass is 16.5. The Hall–Kier alpha value is -6.63. The number of aromatic nitrogens is 5. The third-order valence-electron chi connectivity index (χ3n) is 11.3. The van der Waals surface area contributed by atoms with Crippen LogP contribution in [0.3, 0.4) is 0 Å². The van der Waals surface area contributed by atoms with E-state index in [2.05, 4.69) is 61.6 Å². The van der Waals surface area contributed by atoms with E-state index in [1.807, 2.05) is 36.8 Å². The Morgan fingerprint density at radius 3 is 2.36 bits per heavy atom. The molecule has 1 unspecified atom stereocenters. The van der Waals surface area contributed by atoms with E-state index in [0.717, 1.165) is 83.2 Å². The van der Waals surface area contributed by atoms with Crippen molar-refractivity contribution in [1.29, 1.82) is 0 Å². The van der Waals surface area contributed by atoms with Crippen LogP contribution >= 0.6 is 0 Å². The molecule has 1 N–H and O–H groups in total. The number of hydrogen-bond donors (Lipinski definition) is 1. The molecule has 1 aliphatic carbocycles. The van der Waals surface area contributed by atoms with Crippen molar-refractivity contribution >= 4 is 39.5 Å². The quantitative estimate of drug-likeness (QED) is 0.0893. The van der Waals surface area contributed by atoms with E-state index in [0.29, 0.717) is 48.1 Å². The van der Waals surface area contributed by atoms with Gasteiger partial charge in [-0.3, -0.25) is 24.3 Å². The van der Waals surface area contributed by atoms with Gasteiger partial charge in [-0.05, 0) is 67.6 Å². The third kappa shape index (κ3) is 7.35. The van der Waals surface area contributed by atoms with E-state index < -0.39 is 17.9 Å². The molecular formula is C45H43N7O6. The second-order valence-corrected chi connectivity index (χ2v) is 15.2. The molecule has 1 saturated carbocycles. The van der Waals surface area contributed by atoms with Crippen molar-refractivity contribution in [3.8, 4) is 28.5 Å². The number of allylic oxidation sites excluding steroid dienone is 1. The predicted molar refractivity (Wildman–Crippen MR) is 216 cm³/mol. The average molecular weight is 778 g/mol. The Kier molecular flexibility index (Phi) is 10.0. The van der Waals surface area contributed by atoms with Gasteiger partial charge in [-0.1, -0.05) is 31.6 Å². The normalized spacial score (nSPS) is 19.0. The maximum atomic E-state index is 13.1. The SMILES string of the molecule is C=C1CCC(N2C(=O)c3ccc(OCCCCCCc4ncc(OC5CC(Oc6ccc(-c7ccc8c9cnccc9n(C)c8c7)cn6)C5)cn4)cc3C2=O)C(=O)N1. The number of pyridine rings is 2. The summed E-state index contributed by atoms with van der Waals surface area (Å²) in [5, 5.41) is 4.98. The molecule has 6 heterocycles. The third-order valence-corrected chi connectivity index (χ3v) is 11.3. The molecule has 2 aliphatic heterocycles. The summed E-state index contributed by atoms with van der Waals surface area (Å²) in [5.41, 5.74) is 5.59. The summed E-state index contributed by atoms with van der Waals surface area (Å²) in [6.45, 7) is 4.25. The van der Waals surface area contributed by atoms with Crippen molar-refractivity contribution in [2.24, 2.45) is 7.05 Å². The second kappa shape index (κ2) is 15.7. The molecular weight excluding hydrogens is 735 g/mol. The molecule has 6 aromatic rings. The van der Waals surface area contributed by atoms with Crippen LogP contribution in [0.25, 0.3) is 32.9 Å². The van der Waals surface area contributed by atoms with Crippen molar-refractivity contribution in [3.63, 3.8) is 0 Å². The first-order valence-corrected chi connectivity index (χ1v) is 19.9. The van der Waals surface area contributed by atoms with Crippen LogP contribution < -0.4 is 19.5 Å². The van der Waals surface area contributed by atoms with E-state index in [9.17, 15) is 14.4 Å². The van der Waals surface area contributed by atoms with Gasteiger partial charge >= 0.3 is 0 Å². The lowest BCUT2D eigenvalue weighted by Gasteiger charge is -2.34. The topological polar surface area (TPSA) is 151 Å². The summed E-state index contributed by atoms with van der Waals surface area (Å²) in [7, 11) is 2.08. The largest absolute Gasteiger partial charge is 0.494 e. The molecule has 1 saturated heterocycles. The van der Waals surface area contributed by atoms with Gasteiger partial charge in [0.15, 0.2) is 5.75 Å². The van der Waals surface area contributed by atoms with Crippen LogP contribution in [0.5, 0.6) is 17.4 Å². The molecule has 3 aliphatic rings. The highest BCUT2D eigenvalue weighted by molar-refractivity contribution is 6.23. The van der Waals surface area contributed by atoms with Crippen LogP contribution in [0, 0.1) is 0 Å². The summed E-state index contributed by atoms with van der Waals surface area (Å²) in [6.07, 6.45) is 16.1. The molecule has 2 fully saturated rings. The Morgan fingerprint density at radius 2 is 1.55 bits per heavy atom. The smallest absolute Gasteiger partial charge is 0.262 e. The zero-order chi connectivity index (χ0) is 39.8. The highest BCUT2D eigenvalue weighted by Crippen LogP contribution is 2.34. The number of carbonyl (C=O) groups excluding carboxylic acids is 3. The number of aryl methyl sites for hydroxylation is 2. The summed E-state index contributed by atoms with van der Waals surface area (Å²) in [6, 6.07) is 16.6. The first kappa shape index (κ1) is 37.0. The highest BCUT2D eigenvalue weighted by Gasteiger charge is 2.44. The minimum absolute atomic E-state index is 0.0442. The molecule has 294 valence electrons. The molecule has 0 spiro atoms. The van der Waals surface area contributed by atoms with E-state index in [4.69, 9.17) is 14.2 Å². The molecule has 0 bridgehead atoms. The number of nitrogens with one attached hydrogen (secondary N) is 1. The number of fused-ring (bicyclic) bond motifs is 4. The van der Waals surface area contributed by atoms with Crippen LogP contribution in [0.4, 0.5) is 0 Å². The van der Waals surface area contributed by atoms with E-state index in [-0.39, 0.29) is 23.7 Å². The molecule has 2 aromatic carbocycles. The molecule has 4 aromatic heterocycles. The van der Waals surface area contributed by atoms with Crippen molar-refractivity contribution in [1.82, 2.24) is 34.7 Å². The molecule has 13 nitrogen and oxygen atoms in total. The Balaban J connectivity index is 0.664. The lowest BCUT2D eigenvalue weighted by molar-refractivity contribution is -0.125. The van der Waals surface area contributed by atoms with Gasteiger partial charge in [0.25, 0.3) is 11.8 Å². The molecule has 1 atom stereocenters. The molecule has 13 heteroatoms. The zero-order valence-corrected chi connectivity index (χ0v) is 32.2. The van der Waals surface area contributed by atoms with Crippen LogP contribution in [0.15, 0.2) is 97.9 Å². The number of ether oxygens (including phenoxy) is 3. The standard InChI is InChI=1S/C45H43N7O6/c1-27-8-14-39(43(53)50-27)52-44(54)35-13-11-30(22-36(35)45(52)55)56-18-6-4-3-5-7-41-47-24-33(25-48-41)57-31-20-32(21-31)58-42-15-10-29(23-49-42)28-9-12-34-37-26-46-17-16-38(37)51(2)40(34)19-28/h9-13,15-17,19,22-26,31-32,39H,1,3-8,14,18,20-21H2,2H3,(H,50,53). The van der Waals surface area contributed by atoms with Gasteiger partial charge < -0.3 is 24.1 Å². The number of amides is 3. The Bertz CT molecular complexity index is 2550. The van der Waals surface area contributed by atoms with Crippen LogP contribution in [-0.2, 0) is 18.3 Å². The summed E-state index contributed by atoms with van der Waals surface area (Å²) >= 11 is 0. The predicted octanol–water partition coefficient (Wildman–Crippen LogP) is 7.14. The van der Waals surface area contributed by atoms with Gasteiger partial charge in [-0.2, -0.15) is 0 Å². The molecule has 58 heavy (non-hydrogen) atoms. The number of carbonyl (C=O) groups is 3. The van der Waals surface area contributed by atoms with E-state index in [1.165, 1.54) is 5.39 Å². The van der Waals surface area contributed by atoms with Gasteiger partial charge in [0, 0.05) is 78.5 Å². The Labute approximate surface area is 335 Å². The summed E-state index contributed by atoms with van der Waals surface area (Å²) in [5.74, 6) is 1.26. The van der Waals surface area contributed by atoms with Gasteiger partial charge in [0.05, 0.1) is 35.6 Å². The van der Waals surface area contributed by atoms with E-state index in [1.54, 1.807) is 30.6 Å². The number of hydrogen-bond acceptors (Lipinski definition) is 10. The molecule has 0 radical (unpaired) electrons. The first-order valence-electron chi connectivity index (χ1n) is 19.9. The number of piperidine rings is 1. The van der Waals surface area contributed by atoms with Crippen LogP contribution in [0.2, 0.25) is 0 Å². The minimum Gasteiger partial charge on any atom is -0.494 e. The van der Waals surface area contributed by atoms with Crippen LogP contribution in [-0.4, -0.2) is 72.0 Å². The number of benzene rings is 2. The lowest BCUT2D eigenvalue weighted by atomic mass is 9.92. The lowest BCUT2D eigenvalue weighted by Crippen LogP contribution is -2.51. The van der Waals surface area contributed by atoms with Gasteiger partial charge in [-0.25, -0.2) is 15.0 Å². The number of nitrogens with zero attached hydrogens (tertiary/aromatic N) is 6. The maximum Gasteiger partial charge on any atom is 0.262 e. The van der Waals surface area contributed by atoms with Gasteiger partial charge in [0.1, 0.15) is 29.8 Å². The fourth-order valence-corrected chi connectivity index (χ4v) is 8.01. The summed E-state index contributed by atoms with van der Waals surface area (Å²) in [4.78, 5) is 57.5. The zero-order valence-electron chi connectivity index (χ0n) is 32.2. The fourth-order valence-electron chi connectivity index (χ4n) is 8.01. The van der Waals surface area contributed by atoms with Crippen molar-refractivity contribution in [2.45, 2.75) is 76.0 Å². The molecule has 9 rings (SSSR count). The van der Waals surface area contributed by atoms with Crippen molar-refractivity contribution < 1.29 is 28.6 Å². The van der Waals surface area contributed by atoms with Crippen molar-refractivity contribution in [3.05, 3.63) is 115 Å². The van der Waals surface area contributed by atoms with E-state index >= 15 is 0 Å². The minimum atomic E-state index is -0.834. The molecule has 3 amide bonds. The first-order chi connectivity index (χ1) is 28.3. The number of imide groups is 1. The Morgan fingerprint density at radius 1 is 0.759 bits per heavy atom. The van der Waals surface area contributed by atoms with Gasteiger partial charge in [-0.15, -0.1) is 0 Å². The number of unbranched alkanes of at least 4 members (excludes halogenated alkanes) is 3. The monoisotopic (exact) mass is 777 g/mol. The van der Waals surface area contributed by atoms with Gasteiger partial charge in [0.2, 0.25) is 11.8 Å². The maximum absolute atomic E-state index is 13.1. The fraction of sp³-hybridized carbons (Fsp3) is 0.311. The van der Waals surface area contributed by atoms with Crippen molar-refractivity contribution in [2.75, 3.05) is 6.61 Å². The second-order valence-electron chi connectivity index (χ2n) is 15.2. The van der Waals surface area contributed by atoms with Crippen LogP contribution in [0.1, 0.15) is 77.9 Å². The summed E-state index contributed by atoms with van der Waals surface area (Å²) < 4.78 is 20.3. The average Bonchev–Trinajstić information content (AvgIpc) is 3.65.